The highest BCUT2D eigenvalue weighted by molar-refractivity contribution is 8.00. The third-order valence-electron chi connectivity index (χ3n) is 4.83. The maximum atomic E-state index is 13.2. The fraction of sp³-hybridized carbons (Fsp3) is 0.200. The van der Waals surface area contributed by atoms with Crippen LogP contribution in [0, 0.1) is 0 Å². The molecule has 3 rings (SSSR count). The number of carbonyl (C=O) groups excluding carboxylic acids is 2. The average molecular weight is 507 g/mol. The van der Waals surface area contributed by atoms with Crippen molar-refractivity contribution in [3.8, 4) is 0 Å². The molecule has 0 saturated carbocycles. The normalized spacial score (nSPS) is 12.1. The van der Waals surface area contributed by atoms with Crippen molar-refractivity contribution < 1.29 is 22.8 Å². The van der Waals surface area contributed by atoms with Crippen molar-refractivity contribution in [1.82, 2.24) is 0 Å². The van der Waals surface area contributed by atoms with E-state index in [2.05, 4.69) is 10.6 Å². The molecule has 3 aromatic carbocycles. The van der Waals surface area contributed by atoms with Crippen molar-refractivity contribution in [2.45, 2.75) is 36.1 Å². The molecule has 34 heavy (non-hydrogen) atoms. The summed E-state index contributed by atoms with van der Waals surface area (Å²) in [6, 6.07) is 18.8. The minimum Gasteiger partial charge on any atom is -0.326 e. The second-order valence-corrected chi connectivity index (χ2v) is 9.14. The average Bonchev–Trinajstić information content (AvgIpc) is 2.79. The summed E-state index contributed by atoms with van der Waals surface area (Å²) >= 11 is 7.08. The maximum Gasteiger partial charge on any atom is 0.418 e. The summed E-state index contributed by atoms with van der Waals surface area (Å²) in [5.41, 5.74) is 0.201. The number of halogens is 4. The van der Waals surface area contributed by atoms with E-state index in [4.69, 9.17) is 11.6 Å². The van der Waals surface area contributed by atoms with Crippen molar-refractivity contribution in [3.63, 3.8) is 0 Å². The Bertz CT molecular complexity index is 1150. The second kappa shape index (κ2) is 11.4. The molecule has 2 N–H and O–H groups in total. The number of rotatable bonds is 8. The number of carbonyl (C=O) groups is 2. The lowest BCUT2D eigenvalue weighted by molar-refractivity contribution is -0.137. The van der Waals surface area contributed by atoms with E-state index in [0.29, 0.717) is 22.0 Å². The van der Waals surface area contributed by atoms with Gasteiger partial charge in [-0.3, -0.25) is 9.59 Å². The first-order valence-corrected chi connectivity index (χ1v) is 11.7. The van der Waals surface area contributed by atoms with Gasteiger partial charge in [0.15, 0.2) is 0 Å². The van der Waals surface area contributed by atoms with Gasteiger partial charge in [0.05, 0.1) is 22.9 Å². The number of amides is 2. The summed E-state index contributed by atoms with van der Waals surface area (Å²) in [4.78, 5) is 25.8. The number of hydrogen-bond acceptors (Lipinski definition) is 3. The monoisotopic (exact) mass is 506 g/mol. The molecule has 0 saturated heterocycles. The van der Waals surface area contributed by atoms with E-state index in [-0.39, 0.29) is 18.0 Å². The van der Waals surface area contributed by atoms with Crippen molar-refractivity contribution in [2.75, 3.05) is 10.6 Å². The SMILES string of the molecule is CCC(Sc1cccc(NC(=O)Cc2ccc(Cl)cc2)c1)C(=O)Nc1ccccc1C(F)(F)F. The van der Waals surface area contributed by atoms with Gasteiger partial charge in [-0.1, -0.05) is 48.9 Å². The first kappa shape index (κ1) is 25.6. The van der Waals surface area contributed by atoms with Crippen LogP contribution < -0.4 is 10.6 Å². The topological polar surface area (TPSA) is 58.2 Å². The molecule has 1 atom stereocenters. The van der Waals surface area contributed by atoms with Crippen LogP contribution in [-0.2, 0) is 22.2 Å². The number of alkyl halides is 3. The molecule has 3 aromatic rings. The van der Waals surface area contributed by atoms with Crippen LogP contribution in [0.25, 0.3) is 0 Å². The summed E-state index contributed by atoms with van der Waals surface area (Å²) in [6.45, 7) is 1.78. The van der Waals surface area contributed by atoms with E-state index < -0.39 is 22.9 Å². The molecule has 1 unspecified atom stereocenters. The molecule has 2 amide bonds. The summed E-state index contributed by atoms with van der Waals surface area (Å²) in [7, 11) is 0. The lowest BCUT2D eigenvalue weighted by Gasteiger charge is -2.18. The highest BCUT2D eigenvalue weighted by atomic mass is 35.5. The molecule has 4 nitrogen and oxygen atoms in total. The van der Waals surface area contributed by atoms with Crippen LogP contribution in [0.4, 0.5) is 24.5 Å². The zero-order valence-electron chi connectivity index (χ0n) is 18.2. The van der Waals surface area contributed by atoms with Gasteiger partial charge in [0.2, 0.25) is 11.8 Å². The molecule has 9 heteroatoms. The van der Waals surface area contributed by atoms with Gasteiger partial charge in [0.25, 0.3) is 0 Å². The number of para-hydroxylation sites is 1. The zero-order valence-corrected chi connectivity index (χ0v) is 19.7. The smallest absolute Gasteiger partial charge is 0.326 e. The zero-order chi connectivity index (χ0) is 24.7. The molecule has 0 heterocycles. The molecule has 0 aromatic heterocycles. The van der Waals surface area contributed by atoms with E-state index in [1.165, 1.54) is 30.0 Å². The molecule has 178 valence electrons. The Morgan fingerprint density at radius 1 is 0.971 bits per heavy atom. The minimum atomic E-state index is -4.57. The number of nitrogens with one attached hydrogen (secondary N) is 2. The minimum absolute atomic E-state index is 0.174. The molecular formula is C25H22ClF3N2O2S. The lowest BCUT2D eigenvalue weighted by atomic mass is 10.1. The Labute approximate surface area is 204 Å². The van der Waals surface area contributed by atoms with E-state index in [0.717, 1.165) is 11.6 Å². The molecule has 0 aliphatic carbocycles. The third kappa shape index (κ3) is 7.27. The van der Waals surface area contributed by atoms with Gasteiger partial charge in [0, 0.05) is 15.6 Å². The van der Waals surface area contributed by atoms with Crippen molar-refractivity contribution in [2.24, 2.45) is 0 Å². The lowest BCUT2D eigenvalue weighted by Crippen LogP contribution is -2.26. The summed E-state index contributed by atoms with van der Waals surface area (Å²) in [6.07, 6.45) is -4.00. The number of benzene rings is 3. The Hall–Kier alpha value is -2.97. The van der Waals surface area contributed by atoms with Gasteiger partial charge in [-0.25, -0.2) is 0 Å². The first-order chi connectivity index (χ1) is 16.2. The van der Waals surface area contributed by atoms with E-state index in [1.807, 2.05) is 0 Å². The van der Waals surface area contributed by atoms with E-state index in [9.17, 15) is 22.8 Å². The van der Waals surface area contributed by atoms with Crippen LogP contribution >= 0.6 is 23.4 Å². The van der Waals surface area contributed by atoms with E-state index >= 15 is 0 Å². The molecule has 0 bridgehead atoms. The standard InChI is InChI=1S/C25H22ClF3N2O2S/c1-2-22(24(33)31-21-9-4-3-8-20(21)25(27,28)29)34-19-7-5-6-18(15-19)30-23(32)14-16-10-12-17(26)13-11-16/h3-13,15,22H,2,14H2,1H3,(H,30,32)(H,31,33). The quantitative estimate of drug-likeness (QED) is 0.322. The van der Waals surface area contributed by atoms with Gasteiger partial charge in [0.1, 0.15) is 0 Å². The Morgan fingerprint density at radius 2 is 1.68 bits per heavy atom. The Kier molecular flexibility index (Phi) is 8.63. The van der Waals surface area contributed by atoms with Gasteiger partial charge in [-0.05, 0) is 54.4 Å². The first-order valence-electron chi connectivity index (χ1n) is 10.4. The molecule has 0 fully saturated rings. The summed E-state index contributed by atoms with van der Waals surface area (Å²) in [5, 5.41) is 5.19. The summed E-state index contributed by atoms with van der Waals surface area (Å²) in [5.74, 6) is -0.737. The Morgan fingerprint density at radius 3 is 2.35 bits per heavy atom. The van der Waals surface area contributed by atoms with Crippen LogP contribution in [0.2, 0.25) is 5.02 Å². The molecule has 0 aliphatic rings. The van der Waals surface area contributed by atoms with Gasteiger partial charge < -0.3 is 10.6 Å². The number of thioether (sulfide) groups is 1. The van der Waals surface area contributed by atoms with Crippen molar-refractivity contribution in [3.05, 3.63) is 88.9 Å². The predicted molar refractivity (Wildman–Crippen MR) is 130 cm³/mol. The molecular weight excluding hydrogens is 485 g/mol. The molecule has 0 aliphatic heterocycles. The van der Waals surface area contributed by atoms with Crippen LogP contribution in [0.5, 0.6) is 0 Å². The van der Waals surface area contributed by atoms with Crippen LogP contribution in [0.15, 0.2) is 77.7 Å². The third-order valence-corrected chi connectivity index (χ3v) is 6.44. The molecule has 0 spiro atoms. The van der Waals surface area contributed by atoms with Gasteiger partial charge >= 0.3 is 6.18 Å². The maximum absolute atomic E-state index is 13.2. The van der Waals surface area contributed by atoms with Crippen molar-refractivity contribution >= 4 is 46.6 Å². The second-order valence-electron chi connectivity index (χ2n) is 7.43. The summed E-state index contributed by atoms with van der Waals surface area (Å²) < 4.78 is 39.7. The fourth-order valence-electron chi connectivity index (χ4n) is 3.18. The van der Waals surface area contributed by atoms with Gasteiger partial charge in [-0.15, -0.1) is 11.8 Å². The van der Waals surface area contributed by atoms with Gasteiger partial charge in [-0.2, -0.15) is 13.2 Å². The van der Waals surface area contributed by atoms with Crippen molar-refractivity contribution in [1.29, 1.82) is 0 Å². The largest absolute Gasteiger partial charge is 0.418 e. The highest BCUT2D eigenvalue weighted by Gasteiger charge is 2.34. The highest BCUT2D eigenvalue weighted by Crippen LogP contribution is 2.35. The van der Waals surface area contributed by atoms with Crippen LogP contribution in [0.3, 0.4) is 0 Å². The fourth-order valence-corrected chi connectivity index (χ4v) is 4.32. The Balaban J connectivity index is 1.65. The van der Waals surface area contributed by atoms with Crippen LogP contribution in [-0.4, -0.2) is 17.1 Å². The predicted octanol–water partition coefficient (Wildman–Crippen LogP) is 7.05. The number of anilines is 2. The number of hydrogen-bond donors (Lipinski definition) is 2. The molecule has 0 radical (unpaired) electrons. The van der Waals surface area contributed by atoms with E-state index in [1.54, 1.807) is 55.5 Å². The van der Waals surface area contributed by atoms with Crippen LogP contribution in [0.1, 0.15) is 24.5 Å².